The minimum atomic E-state index is -0.320. The zero-order valence-electron chi connectivity index (χ0n) is 13.6. The summed E-state index contributed by atoms with van der Waals surface area (Å²) in [7, 11) is 3.94. The second-order valence-electron chi connectivity index (χ2n) is 5.56. The molecule has 0 bridgehead atoms. The van der Waals surface area contributed by atoms with E-state index in [1.54, 1.807) is 12.1 Å². The molecule has 2 aromatic carbocycles. The number of halogens is 2. The van der Waals surface area contributed by atoms with Gasteiger partial charge in [-0.2, -0.15) is 0 Å². The first-order valence-electron chi connectivity index (χ1n) is 7.44. The molecule has 1 saturated heterocycles. The Kier molecular flexibility index (Phi) is 5.24. The van der Waals surface area contributed by atoms with E-state index >= 15 is 0 Å². The van der Waals surface area contributed by atoms with Gasteiger partial charge in [0.2, 0.25) is 0 Å². The third kappa shape index (κ3) is 4.29. The summed E-state index contributed by atoms with van der Waals surface area (Å²) >= 11 is 4.80. The third-order valence-corrected chi connectivity index (χ3v) is 5.00. The highest BCUT2D eigenvalue weighted by Crippen LogP contribution is 2.31. The summed E-state index contributed by atoms with van der Waals surface area (Å²) in [4.78, 5) is 19.0. The first-order chi connectivity index (χ1) is 11.9. The quantitative estimate of drug-likeness (QED) is 0.742. The van der Waals surface area contributed by atoms with E-state index in [1.165, 1.54) is 23.9 Å². The smallest absolute Gasteiger partial charge is 0.264 e. The Balaban J connectivity index is 1.81. The van der Waals surface area contributed by atoms with Crippen molar-refractivity contribution in [2.75, 3.05) is 19.0 Å². The molecule has 0 atom stereocenters. The minimum absolute atomic E-state index is 0.196. The van der Waals surface area contributed by atoms with Crippen molar-refractivity contribution >= 4 is 56.2 Å². The van der Waals surface area contributed by atoms with Crippen LogP contribution in [-0.4, -0.2) is 25.2 Å². The highest BCUT2D eigenvalue weighted by Gasteiger charge is 2.23. The van der Waals surface area contributed by atoms with Crippen LogP contribution in [0.3, 0.4) is 0 Å². The fraction of sp³-hybridized carbons (Fsp3) is 0.111. The lowest BCUT2D eigenvalue weighted by Gasteiger charge is -2.14. The number of amidine groups is 1. The molecule has 128 valence electrons. The van der Waals surface area contributed by atoms with Gasteiger partial charge in [-0.15, -0.1) is 0 Å². The minimum Gasteiger partial charge on any atom is -0.377 e. The van der Waals surface area contributed by atoms with Crippen molar-refractivity contribution in [2.45, 2.75) is 0 Å². The van der Waals surface area contributed by atoms with Crippen LogP contribution in [0.15, 0.2) is 56.8 Å². The molecular weight excluding hydrogens is 405 g/mol. The molecule has 0 aliphatic carbocycles. The van der Waals surface area contributed by atoms with Crippen LogP contribution in [0.4, 0.5) is 15.8 Å². The summed E-state index contributed by atoms with van der Waals surface area (Å²) in [6.45, 7) is 0. The molecule has 3 rings (SSSR count). The van der Waals surface area contributed by atoms with Gasteiger partial charge in [-0.25, -0.2) is 9.38 Å². The van der Waals surface area contributed by atoms with Crippen molar-refractivity contribution in [3.63, 3.8) is 0 Å². The number of hydrogen-bond acceptors (Lipinski definition) is 4. The summed E-state index contributed by atoms with van der Waals surface area (Å²) in [5.41, 5.74) is 2.56. The molecule has 1 amide bonds. The molecule has 0 saturated carbocycles. The molecule has 4 nitrogen and oxygen atoms in total. The maximum atomic E-state index is 12.9. The van der Waals surface area contributed by atoms with Crippen LogP contribution in [0.25, 0.3) is 6.08 Å². The average molecular weight is 420 g/mol. The number of thioether (sulfide) groups is 1. The van der Waals surface area contributed by atoms with Gasteiger partial charge in [0.05, 0.1) is 16.3 Å². The monoisotopic (exact) mass is 419 g/mol. The van der Waals surface area contributed by atoms with Gasteiger partial charge in [-0.1, -0.05) is 6.07 Å². The van der Waals surface area contributed by atoms with Gasteiger partial charge < -0.3 is 10.2 Å². The number of anilines is 1. The lowest BCUT2D eigenvalue weighted by Crippen LogP contribution is -2.19. The molecule has 25 heavy (non-hydrogen) atoms. The van der Waals surface area contributed by atoms with Gasteiger partial charge in [0, 0.05) is 18.6 Å². The van der Waals surface area contributed by atoms with E-state index in [2.05, 4.69) is 26.2 Å². The van der Waals surface area contributed by atoms with Crippen LogP contribution in [-0.2, 0) is 4.79 Å². The summed E-state index contributed by atoms with van der Waals surface area (Å²) < 4.78 is 13.9. The number of carbonyl (C=O) groups is 1. The van der Waals surface area contributed by atoms with E-state index in [0.29, 0.717) is 15.8 Å². The SMILES string of the molecule is CN(C)c1ccc(/C=C2/SC(=Nc3ccc(F)cc3)NC2=O)cc1Br. The van der Waals surface area contributed by atoms with Crippen LogP contribution in [0.5, 0.6) is 0 Å². The average Bonchev–Trinajstić information content (AvgIpc) is 2.89. The number of amides is 1. The summed E-state index contributed by atoms with van der Waals surface area (Å²) in [5, 5.41) is 3.20. The molecule has 1 aliphatic heterocycles. The number of nitrogens with one attached hydrogen (secondary N) is 1. The van der Waals surface area contributed by atoms with Gasteiger partial charge in [0.1, 0.15) is 5.82 Å². The largest absolute Gasteiger partial charge is 0.377 e. The number of nitrogens with zero attached hydrogens (tertiary/aromatic N) is 2. The predicted octanol–water partition coefficient (Wildman–Crippen LogP) is 4.55. The molecule has 0 radical (unpaired) electrons. The first-order valence-corrected chi connectivity index (χ1v) is 9.05. The predicted molar refractivity (Wildman–Crippen MR) is 106 cm³/mol. The number of benzene rings is 2. The van der Waals surface area contributed by atoms with Crippen molar-refractivity contribution in [1.82, 2.24) is 5.32 Å². The van der Waals surface area contributed by atoms with E-state index in [9.17, 15) is 9.18 Å². The van der Waals surface area contributed by atoms with Gasteiger partial charge >= 0.3 is 0 Å². The van der Waals surface area contributed by atoms with Crippen LogP contribution < -0.4 is 10.2 Å². The number of carbonyl (C=O) groups excluding carboxylic acids is 1. The van der Waals surface area contributed by atoms with Crippen molar-refractivity contribution < 1.29 is 9.18 Å². The Hall–Kier alpha value is -2.12. The molecule has 1 heterocycles. The fourth-order valence-electron chi connectivity index (χ4n) is 2.24. The second kappa shape index (κ2) is 7.41. The Morgan fingerprint density at radius 2 is 1.92 bits per heavy atom. The highest BCUT2D eigenvalue weighted by atomic mass is 79.9. The second-order valence-corrected chi connectivity index (χ2v) is 7.45. The number of rotatable bonds is 3. The zero-order chi connectivity index (χ0) is 18.0. The van der Waals surface area contributed by atoms with Gasteiger partial charge in [-0.3, -0.25) is 4.79 Å². The zero-order valence-corrected chi connectivity index (χ0v) is 16.0. The van der Waals surface area contributed by atoms with Gasteiger partial charge in [0.15, 0.2) is 5.17 Å². The van der Waals surface area contributed by atoms with Crippen LogP contribution in [0.2, 0.25) is 0 Å². The molecule has 1 fully saturated rings. The van der Waals surface area contributed by atoms with Crippen molar-refractivity contribution in [1.29, 1.82) is 0 Å². The van der Waals surface area contributed by atoms with Crippen molar-refractivity contribution in [3.05, 3.63) is 63.2 Å². The molecule has 0 unspecified atom stereocenters. The van der Waals surface area contributed by atoms with Gasteiger partial charge in [-0.05, 0) is 75.7 Å². The highest BCUT2D eigenvalue weighted by molar-refractivity contribution is 9.10. The van der Waals surface area contributed by atoms with E-state index in [1.807, 2.05) is 43.3 Å². The molecule has 7 heteroatoms. The fourth-order valence-corrected chi connectivity index (χ4v) is 3.83. The topological polar surface area (TPSA) is 44.7 Å². The third-order valence-electron chi connectivity index (χ3n) is 3.46. The maximum absolute atomic E-state index is 12.9. The Bertz CT molecular complexity index is 878. The number of aliphatic imine (C=N–C) groups is 1. The van der Waals surface area contributed by atoms with Crippen LogP contribution in [0.1, 0.15) is 5.56 Å². The Morgan fingerprint density at radius 3 is 2.56 bits per heavy atom. The molecule has 1 N–H and O–H groups in total. The normalized spacial score (nSPS) is 17.2. The van der Waals surface area contributed by atoms with Gasteiger partial charge in [0.25, 0.3) is 5.91 Å². The van der Waals surface area contributed by atoms with E-state index in [-0.39, 0.29) is 11.7 Å². The molecule has 0 aromatic heterocycles. The van der Waals surface area contributed by atoms with E-state index in [4.69, 9.17) is 0 Å². The van der Waals surface area contributed by atoms with Crippen molar-refractivity contribution in [3.8, 4) is 0 Å². The standard InChI is InChI=1S/C18H15BrFN3OS/c1-23(2)15-8-3-11(9-14(15)19)10-16-17(24)22-18(25-16)21-13-6-4-12(20)5-7-13/h3-10H,1-2H3,(H,21,22,24)/b16-10+. The molecular formula is C18H15BrFN3OS. The van der Waals surface area contributed by atoms with Crippen molar-refractivity contribution in [2.24, 2.45) is 4.99 Å². The van der Waals surface area contributed by atoms with Crippen LogP contribution >= 0.6 is 27.7 Å². The van der Waals surface area contributed by atoms with E-state index in [0.717, 1.165) is 15.7 Å². The Labute approximate surface area is 158 Å². The summed E-state index contributed by atoms with van der Waals surface area (Å²) in [6.07, 6.45) is 1.82. The summed E-state index contributed by atoms with van der Waals surface area (Å²) in [6, 6.07) is 11.7. The first kappa shape index (κ1) is 17.7. The molecule has 1 aliphatic rings. The Morgan fingerprint density at radius 1 is 1.20 bits per heavy atom. The lowest BCUT2D eigenvalue weighted by molar-refractivity contribution is -0.115. The van der Waals surface area contributed by atoms with Crippen LogP contribution in [0, 0.1) is 5.82 Å². The lowest BCUT2D eigenvalue weighted by atomic mass is 10.2. The summed E-state index contributed by atoms with van der Waals surface area (Å²) in [5.74, 6) is -0.516. The molecule has 0 spiro atoms. The molecule has 2 aromatic rings. The number of hydrogen-bond donors (Lipinski definition) is 1. The maximum Gasteiger partial charge on any atom is 0.264 e. The van der Waals surface area contributed by atoms with E-state index < -0.39 is 0 Å².